The fraction of sp³-hybridized carbons (Fsp3) is 0. The first-order chi connectivity index (χ1) is 9.84. The van der Waals surface area contributed by atoms with Gasteiger partial charge >= 0.3 is 5.97 Å². The van der Waals surface area contributed by atoms with Gasteiger partial charge in [-0.05, 0) is 12.1 Å². The lowest BCUT2D eigenvalue weighted by Gasteiger charge is -2.11. The molecular formula is C12H4F5NO3. The summed E-state index contributed by atoms with van der Waals surface area (Å²) in [6.45, 7) is 0. The van der Waals surface area contributed by atoms with Gasteiger partial charge in [-0.2, -0.15) is 8.78 Å². The molecule has 9 heteroatoms. The highest BCUT2D eigenvalue weighted by Crippen LogP contribution is 2.33. The van der Waals surface area contributed by atoms with Crippen LogP contribution in [0.25, 0.3) is 0 Å². The third-order valence-electron chi connectivity index (χ3n) is 2.35. The molecular weight excluding hydrogens is 301 g/mol. The van der Waals surface area contributed by atoms with Crippen molar-refractivity contribution in [2.24, 2.45) is 0 Å². The van der Waals surface area contributed by atoms with Gasteiger partial charge in [0.05, 0.1) is 0 Å². The molecule has 0 aliphatic heterocycles. The zero-order valence-corrected chi connectivity index (χ0v) is 9.83. The standard InChI is InChI=1S/C12H4F5NO3/c13-5-6(14)8(16)11(9(17)7(5)15)21-4-2-1-3-18-10(4)12(19)20/h1-3H,(H,19,20). The summed E-state index contributed by atoms with van der Waals surface area (Å²) in [4.78, 5) is 14.2. The summed E-state index contributed by atoms with van der Waals surface area (Å²) in [7, 11) is 0. The van der Waals surface area contributed by atoms with Crippen molar-refractivity contribution in [1.29, 1.82) is 0 Å². The summed E-state index contributed by atoms with van der Waals surface area (Å²) in [6.07, 6.45) is 1.05. The van der Waals surface area contributed by atoms with Gasteiger partial charge in [0.25, 0.3) is 0 Å². The van der Waals surface area contributed by atoms with E-state index in [1.54, 1.807) is 0 Å². The minimum absolute atomic E-state index is 0.673. The molecule has 0 aliphatic rings. The Labute approximate surface area is 113 Å². The Bertz CT molecular complexity index is 706. The van der Waals surface area contributed by atoms with Crippen molar-refractivity contribution < 1.29 is 36.6 Å². The second kappa shape index (κ2) is 5.35. The van der Waals surface area contributed by atoms with Gasteiger partial charge in [-0.3, -0.25) is 0 Å². The Morgan fingerprint density at radius 3 is 2.05 bits per heavy atom. The topological polar surface area (TPSA) is 59.4 Å². The quantitative estimate of drug-likeness (QED) is 0.537. The van der Waals surface area contributed by atoms with Gasteiger partial charge in [-0.15, -0.1) is 0 Å². The van der Waals surface area contributed by atoms with Crippen molar-refractivity contribution >= 4 is 5.97 Å². The van der Waals surface area contributed by atoms with E-state index in [1.807, 2.05) is 0 Å². The van der Waals surface area contributed by atoms with Crippen molar-refractivity contribution in [2.45, 2.75) is 0 Å². The summed E-state index contributed by atoms with van der Waals surface area (Å²) in [6, 6.07) is 2.11. The van der Waals surface area contributed by atoms with Crippen LogP contribution in [0.3, 0.4) is 0 Å². The van der Waals surface area contributed by atoms with Gasteiger partial charge in [-0.25, -0.2) is 22.9 Å². The zero-order valence-electron chi connectivity index (χ0n) is 9.83. The number of rotatable bonds is 3. The Balaban J connectivity index is 2.58. The second-order valence-corrected chi connectivity index (χ2v) is 3.66. The normalized spacial score (nSPS) is 10.5. The Kier molecular flexibility index (Phi) is 3.74. The molecule has 21 heavy (non-hydrogen) atoms. The monoisotopic (exact) mass is 305 g/mol. The van der Waals surface area contributed by atoms with Crippen molar-refractivity contribution in [3.8, 4) is 11.5 Å². The second-order valence-electron chi connectivity index (χ2n) is 3.66. The van der Waals surface area contributed by atoms with Crippen molar-refractivity contribution in [2.75, 3.05) is 0 Å². The Morgan fingerprint density at radius 2 is 1.52 bits per heavy atom. The van der Waals surface area contributed by atoms with Crippen LogP contribution in [0.4, 0.5) is 22.0 Å². The van der Waals surface area contributed by atoms with Gasteiger partial charge < -0.3 is 9.84 Å². The number of carbonyl (C=O) groups is 1. The van der Waals surface area contributed by atoms with Gasteiger partial charge in [0.2, 0.25) is 34.8 Å². The molecule has 1 aromatic carbocycles. The largest absolute Gasteiger partial charge is 0.476 e. The van der Waals surface area contributed by atoms with Crippen LogP contribution in [0, 0.1) is 29.1 Å². The predicted molar refractivity (Wildman–Crippen MR) is 57.5 cm³/mol. The molecule has 2 rings (SSSR count). The van der Waals surface area contributed by atoms with E-state index in [4.69, 9.17) is 5.11 Å². The molecule has 2 aromatic rings. The van der Waals surface area contributed by atoms with E-state index >= 15 is 0 Å². The van der Waals surface area contributed by atoms with Crippen molar-refractivity contribution in [1.82, 2.24) is 4.98 Å². The molecule has 0 fully saturated rings. The average Bonchev–Trinajstić information content (AvgIpc) is 2.48. The number of aromatic carboxylic acids is 1. The lowest BCUT2D eigenvalue weighted by Crippen LogP contribution is -2.07. The van der Waals surface area contributed by atoms with E-state index in [-0.39, 0.29) is 0 Å². The molecule has 1 heterocycles. The number of halogens is 5. The van der Waals surface area contributed by atoms with E-state index in [9.17, 15) is 26.7 Å². The molecule has 0 atom stereocenters. The fourth-order valence-corrected chi connectivity index (χ4v) is 1.42. The van der Waals surface area contributed by atoms with Crippen LogP contribution in [-0.2, 0) is 0 Å². The van der Waals surface area contributed by atoms with Crippen LogP contribution in [0.5, 0.6) is 11.5 Å². The van der Waals surface area contributed by atoms with Crippen LogP contribution < -0.4 is 4.74 Å². The SMILES string of the molecule is O=C(O)c1ncccc1Oc1c(F)c(F)c(F)c(F)c1F. The average molecular weight is 305 g/mol. The highest BCUT2D eigenvalue weighted by Gasteiger charge is 2.28. The van der Waals surface area contributed by atoms with Crippen LogP contribution in [-0.4, -0.2) is 16.1 Å². The minimum Gasteiger partial charge on any atom is -0.476 e. The third-order valence-corrected chi connectivity index (χ3v) is 2.35. The Morgan fingerprint density at radius 1 is 1.00 bits per heavy atom. The number of benzene rings is 1. The highest BCUT2D eigenvalue weighted by atomic mass is 19.2. The molecule has 1 aromatic heterocycles. The van der Waals surface area contributed by atoms with E-state index in [1.165, 1.54) is 0 Å². The zero-order chi connectivity index (χ0) is 15.7. The molecule has 0 bridgehead atoms. The van der Waals surface area contributed by atoms with E-state index in [0.29, 0.717) is 0 Å². The van der Waals surface area contributed by atoms with Gasteiger partial charge in [-0.1, -0.05) is 0 Å². The first kappa shape index (κ1) is 14.7. The third kappa shape index (κ3) is 2.49. The smallest absolute Gasteiger partial charge is 0.358 e. The summed E-state index contributed by atoms with van der Waals surface area (Å²) >= 11 is 0. The van der Waals surface area contributed by atoms with E-state index in [2.05, 4.69) is 9.72 Å². The summed E-state index contributed by atoms with van der Waals surface area (Å²) in [5, 5.41) is 8.80. The number of pyridine rings is 1. The summed E-state index contributed by atoms with van der Waals surface area (Å²) in [5.74, 6) is -15.1. The number of carboxylic acid groups (broad SMARTS) is 1. The number of carboxylic acids is 1. The number of aromatic nitrogens is 1. The molecule has 0 amide bonds. The molecule has 110 valence electrons. The number of nitrogens with zero attached hydrogens (tertiary/aromatic N) is 1. The molecule has 0 radical (unpaired) electrons. The maximum atomic E-state index is 13.4. The van der Waals surface area contributed by atoms with Crippen molar-refractivity contribution in [3.05, 3.63) is 53.1 Å². The van der Waals surface area contributed by atoms with Crippen LogP contribution >= 0.6 is 0 Å². The maximum Gasteiger partial charge on any atom is 0.358 e. The van der Waals surface area contributed by atoms with E-state index in [0.717, 1.165) is 18.3 Å². The molecule has 1 N–H and O–H groups in total. The fourth-order valence-electron chi connectivity index (χ4n) is 1.42. The number of ether oxygens (including phenoxy) is 1. The molecule has 4 nitrogen and oxygen atoms in total. The Hall–Kier alpha value is -2.71. The van der Waals surface area contributed by atoms with Crippen molar-refractivity contribution in [3.63, 3.8) is 0 Å². The van der Waals surface area contributed by atoms with Crippen LogP contribution in [0.15, 0.2) is 18.3 Å². The maximum absolute atomic E-state index is 13.4. The van der Waals surface area contributed by atoms with Gasteiger partial charge in [0, 0.05) is 6.20 Å². The molecule has 0 spiro atoms. The molecule has 0 aliphatic carbocycles. The number of hydrogen-bond acceptors (Lipinski definition) is 3. The van der Waals surface area contributed by atoms with E-state index < -0.39 is 52.2 Å². The van der Waals surface area contributed by atoms with Gasteiger partial charge in [0.15, 0.2) is 11.4 Å². The molecule has 0 saturated carbocycles. The minimum atomic E-state index is -2.35. The molecule has 0 saturated heterocycles. The lowest BCUT2D eigenvalue weighted by molar-refractivity contribution is 0.0687. The van der Waals surface area contributed by atoms with Crippen LogP contribution in [0.2, 0.25) is 0 Å². The summed E-state index contributed by atoms with van der Waals surface area (Å²) < 4.78 is 70.2. The lowest BCUT2D eigenvalue weighted by atomic mass is 10.2. The number of hydrogen-bond donors (Lipinski definition) is 1. The molecule has 0 unspecified atom stereocenters. The summed E-state index contributed by atoms with van der Waals surface area (Å²) in [5.41, 5.74) is -0.749. The first-order valence-electron chi connectivity index (χ1n) is 5.22. The van der Waals surface area contributed by atoms with Gasteiger partial charge in [0.1, 0.15) is 0 Å². The predicted octanol–water partition coefficient (Wildman–Crippen LogP) is 3.27. The highest BCUT2D eigenvalue weighted by molar-refractivity contribution is 5.88. The van der Waals surface area contributed by atoms with Crippen LogP contribution in [0.1, 0.15) is 10.5 Å². The first-order valence-corrected chi connectivity index (χ1v) is 5.22.